The van der Waals surface area contributed by atoms with E-state index in [9.17, 15) is 4.79 Å². The summed E-state index contributed by atoms with van der Waals surface area (Å²) in [6.45, 7) is 5.84. The van der Waals surface area contributed by atoms with Crippen LogP contribution in [0.3, 0.4) is 0 Å². The van der Waals surface area contributed by atoms with E-state index in [0.29, 0.717) is 0 Å². The molecule has 0 N–H and O–H groups in total. The Labute approximate surface area is 79.8 Å². The second-order valence-corrected chi connectivity index (χ2v) is 3.73. The third-order valence-electron chi connectivity index (χ3n) is 2.46. The Morgan fingerprint density at radius 1 is 1.54 bits per heavy atom. The van der Waals surface area contributed by atoms with Crippen LogP contribution in [0.4, 0.5) is 0 Å². The molecule has 1 heteroatoms. The van der Waals surface area contributed by atoms with Crippen LogP contribution in [0.2, 0.25) is 0 Å². The monoisotopic (exact) mass is 176 g/mol. The lowest BCUT2D eigenvalue weighted by atomic mass is 9.76. The van der Waals surface area contributed by atoms with Crippen LogP contribution in [0.15, 0.2) is 36.0 Å². The van der Waals surface area contributed by atoms with Gasteiger partial charge in [0.05, 0.1) is 5.41 Å². The van der Waals surface area contributed by atoms with Crippen molar-refractivity contribution in [2.75, 3.05) is 0 Å². The largest absolute Gasteiger partial charge is 0.294 e. The smallest absolute Gasteiger partial charge is 0.168 e. The Bertz CT molecular complexity index is 294. The number of carbonyl (C=O) groups excluding carboxylic acids is 1. The minimum absolute atomic E-state index is 0.244. The fraction of sp³-hybridized carbons (Fsp3) is 0.417. The summed E-state index contributed by atoms with van der Waals surface area (Å²) in [6, 6.07) is 0. The van der Waals surface area contributed by atoms with Crippen LogP contribution in [0.1, 0.15) is 27.2 Å². The fourth-order valence-corrected chi connectivity index (χ4v) is 1.53. The minimum atomic E-state index is -0.314. The zero-order valence-electron chi connectivity index (χ0n) is 8.50. The number of allylic oxidation sites excluding steroid dienone is 6. The van der Waals surface area contributed by atoms with Gasteiger partial charge in [-0.15, -0.1) is 0 Å². The van der Waals surface area contributed by atoms with Crippen LogP contribution in [-0.4, -0.2) is 5.78 Å². The molecule has 13 heavy (non-hydrogen) atoms. The first-order chi connectivity index (χ1) is 6.10. The molecule has 0 heterocycles. The first-order valence-corrected chi connectivity index (χ1v) is 4.62. The Balaban J connectivity index is 2.86. The molecule has 1 aliphatic rings. The summed E-state index contributed by atoms with van der Waals surface area (Å²) in [5, 5.41) is 0. The van der Waals surface area contributed by atoms with Gasteiger partial charge in [-0.25, -0.2) is 0 Å². The van der Waals surface area contributed by atoms with E-state index in [1.807, 2.05) is 51.2 Å². The van der Waals surface area contributed by atoms with Crippen LogP contribution < -0.4 is 0 Å². The molecule has 0 fully saturated rings. The van der Waals surface area contributed by atoms with Crippen molar-refractivity contribution in [1.29, 1.82) is 0 Å². The molecule has 0 radical (unpaired) electrons. The van der Waals surface area contributed by atoms with Gasteiger partial charge < -0.3 is 0 Å². The molecule has 0 bridgehead atoms. The summed E-state index contributed by atoms with van der Waals surface area (Å²) >= 11 is 0. The zero-order valence-corrected chi connectivity index (χ0v) is 8.50. The molecular formula is C12H16O. The van der Waals surface area contributed by atoms with E-state index in [4.69, 9.17) is 0 Å². The van der Waals surface area contributed by atoms with Crippen molar-refractivity contribution in [3.05, 3.63) is 36.0 Å². The number of ketones is 1. The van der Waals surface area contributed by atoms with Gasteiger partial charge >= 0.3 is 0 Å². The molecule has 0 aliphatic heterocycles. The summed E-state index contributed by atoms with van der Waals surface area (Å²) in [7, 11) is 0. The summed E-state index contributed by atoms with van der Waals surface area (Å²) in [5.74, 6) is 0.244. The lowest BCUT2D eigenvalue weighted by Gasteiger charge is -2.25. The molecule has 1 nitrogen and oxygen atoms in total. The van der Waals surface area contributed by atoms with Gasteiger partial charge in [-0.2, -0.15) is 0 Å². The predicted molar refractivity (Wildman–Crippen MR) is 55.4 cm³/mol. The van der Waals surface area contributed by atoms with Gasteiger partial charge in [-0.1, -0.05) is 30.4 Å². The van der Waals surface area contributed by atoms with Crippen molar-refractivity contribution >= 4 is 5.78 Å². The quantitative estimate of drug-likeness (QED) is 0.591. The first kappa shape index (κ1) is 9.97. The van der Waals surface area contributed by atoms with Crippen LogP contribution in [0.25, 0.3) is 0 Å². The van der Waals surface area contributed by atoms with Gasteiger partial charge in [0.2, 0.25) is 0 Å². The molecule has 0 aromatic carbocycles. The average molecular weight is 176 g/mol. The number of hydrogen-bond donors (Lipinski definition) is 0. The lowest BCUT2D eigenvalue weighted by molar-refractivity contribution is -0.121. The Morgan fingerprint density at radius 3 is 2.85 bits per heavy atom. The Hall–Kier alpha value is -1.11. The van der Waals surface area contributed by atoms with Crippen LogP contribution in [0, 0.1) is 5.41 Å². The fourth-order valence-electron chi connectivity index (χ4n) is 1.53. The molecule has 0 spiro atoms. The van der Waals surface area contributed by atoms with Crippen LogP contribution in [-0.2, 0) is 4.79 Å². The van der Waals surface area contributed by atoms with E-state index in [0.717, 1.165) is 12.0 Å². The highest BCUT2D eigenvalue weighted by molar-refractivity contribution is 6.01. The number of hydrogen-bond acceptors (Lipinski definition) is 1. The molecule has 1 unspecified atom stereocenters. The standard InChI is InChI=1S/C12H16O/c1-4-5-8-12(3)9-6-7-10(2)11(12)13/h4-7,9H,8H2,1-3H3/b5-4+. The van der Waals surface area contributed by atoms with E-state index in [-0.39, 0.29) is 11.2 Å². The Morgan fingerprint density at radius 2 is 2.23 bits per heavy atom. The Kier molecular flexibility index (Phi) is 2.86. The highest BCUT2D eigenvalue weighted by atomic mass is 16.1. The van der Waals surface area contributed by atoms with Crippen molar-refractivity contribution in [2.24, 2.45) is 5.41 Å². The second kappa shape index (κ2) is 3.73. The highest BCUT2D eigenvalue weighted by Gasteiger charge is 2.31. The zero-order chi connectivity index (χ0) is 9.90. The normalized spacial score (nSPS) is 28.2. The molecule has 70 valence electrons. The van der Waals surface area contributed by atoms with Crippen molar-refractivity contribution in [3.8, 4) is 0 Å². The molecular weight excluding hydrogens is 160 g/mol. The van der Waals surface area contributed by atoms with E-state index in [1.54, 1.807) is 0 Å². The van der Waals surface area contributed by atoms with Gasteiger partial charge in [0.1, 0.15) is 0 Å². The van der Waals surface area contributed by atoms with Gasteiger partial charge in [0.15, 0.2) is 5.78 Å². The van der Waals surface area contributed by atoms with Crippen molar-refractivity contribution in [3.63, 3.8) is 0 Å². The summed E-state index contributed by atoms with van der Waals surface area (Å²) in [5.41, 5.74) is 0.542. The summed E-state index contributed by atoms with van der Waals surface area (Å²) in [4.78, 5) is 11.8. The van der Waals surface area contributed by atoms with E-state index in [2.05, 4.69) is 0 Å². The van der Waals surface area contributed by atoms with Gasteiger partial charge in [-0.05, 0) is 32.8 Å². The molecule has 0 saturated heterocycles. The maximum absolute atomic E-state index is 11.8. The van der Waals surface area contributed by atoms with Crippen molar-refractivity contribution < 1.29 is 4.79 Å². The second-order valence-electron chi connectivity index (χ2n) is 3.73. The molecule has 0 amide bonds. The maximum Gasteiger partial charge on any atom is 0.168 e. The number of carbonyl (C=O) groups is 1. The van der Waals surface area contributed by atoms with Gasteiger partial charge in [-0.3, -0.25) is 4.79 Å². The van der Waals surface area contributed by atoms with E-state index >= 15 is 0 Å². The molecule has 0 aromatic heterocycles. The third kappa shape index (κ3) is 1.97. The molecule has 0 aromatic rings. The predicted octanol–water partition coefficient (Wildman–Crippen LogP) is 3.04. The summed E-state index contributed by atoms with van der Waals surface area (Å²) in [6.07, 6.45) is 10.7. The molecule has 1 rings (SSSR count). The highest BCUT2D eigenvalue weighted by Crippen LogP contribution is 2.31. The first-order valence-electron chi connectivity index (χ1n) is 4.62. The average Bonchev–Trinajstić information content (AvgIpc) is 2.11. The lowest BCUT2D eigenvalue weighted by Crippen LogP contribution is -2.27. The van der Waals surface area contributed by atoms with Crippen LogP contribution in [0.5, 0.6) is 0 Å². The molecule has 1 atom stereocenters. The molecule has 1 aliphatic carbocycles. The molecule has 0 saturated carbocycles. The van der Waals surface area contributed by atoms with Gasteiger partial charge in [0, 0.05) is 0 Å². The van der Waals surface area contributed by atoms with E-state index < -0.39 is 0 Å². The number of rotatable bonds is 2. The van der Waals surface area contributed by atoms with E-state index in [1.165, 1.54) is 0 Å². The SMILES string of the molecule is C/C=C/CC1(C)C=CC=C(C)C1=O. The minimum Gasteiger partial charge on any atom is -0.294 e. The van der Waals surface area contributed by atoms with Gasteiger partial charge in [0.25, 0.3) is 0 Å². The third-order valence-corrected chi connectivity index (χ3v) is 2.46. The van der Waals surface area contributed by atoms with Crippen molar-refractivity contribution in [2.45, 2.75) is 27.2 Å². The maximum atomic E-state index is 11.8. The topological polar surface area (TPSA) is 17.1 Å². The number of Topliss-reactive ketones (excluding diaryl/α,β-unsaturated/α-hetero) is 1. The van der Waals surface area contributed by atoms with Crippen LogP contribution >= 0.6 is 0 Å². The summed E-state index contributed by atoms with van der Waals surface area (Å²) < 4.78 is 0. The van der Waals surface area contributed by atoms with Crippen molar-refractivity contribution in [1.82, 2.24) is 0 Å².